The second kappa shape index (κ2) is 9.22. The first-order chi connectivity index (χ1) is 13.8. The van der Waals surface area contributed by atoms with Crippen LogP contribution in [0.3, 0.4) is 0 Å². The number of hydrogen-bond acceptors (Lipinski definition) is 4. The fourth-order valence-corrected chi connectivity index (χ4v) is 3.92. The summed E-state index contributed by atoms with van der Waals surface area (Å²) in [6.07, 6.45) is 2.00. The van der Waals surface area contributed by atoms with Gasteiger partial charge in [0.15, 0.2) is 0 Å². The Morgan fingerprint density at radius 3 is 2.36 bits per heavy atom. The lowest BCUT2D eigenvalue weighted by Gasteiger charge is -2.34. The van der Waals surface area contributed by atoms with E-state index >= 15 is 0 Å². The van der Waals surface area contributed by atoms with Crippen LogP contribution in [0, 0.1) is 0 Å². The molecule has 2 fully saturated rings. The molecule has 0 aromatic heterocycles. The second-order valence-corrected chi connectivity index (χ2v) is 7.40. The van der Waals surface area contributed by atoms with E-state index in [4.69, 9.17) is 9.47 Å². The van der Waals surface area contributed by atoms with Crippen LogP contribution in [0.5, 0.6) is 0 Å². The maximum Gasteiger partial charge on any atom is 0.255 e. The fourth-order valence-electron chi connectivity index (χ4n) is 3.92. The average molecular weight is 380 g/mol. The lowest BCUT2D eigenvalue weighted by Crippen LogP contribution is -2.42. The first kappa shape index (κ1) is 19.0. The number of ether oxygens (including phenoxy) is 2. The number of benzene rings is 2. The Hall–Kier alpha value is -2.37. The Morgan fingerprint density at radius 2 is 1.61 bits per heavy atom. The van der Waals surface area contributed by atoms with Crippen molar-refractivity contribution < 1.29 is 14.3 Å². The highest BCUT2D eigenvalue weighted by molar-refractivity contribution is 5.99. The van der Waals surface area contributed by atoms with Gasteiger partial charge in [-0.1, -0.05) is 42.5 Å². The summed E-state index contributed by atoms with van der Waals surface area (Å²) in [6.45, 7) is 5.23. The quantitative estimate of drug-likeness (QED) is 0.798. The molecule has 5 heteroatoms. The molecule has 5 nitrogen and oxygen atoms in total. The van der Waals surface area contributed by atoms with Crippen LogP contribution in [-0.4, -0.2) is 56.3 Å². The minimum Gasteiger partial charge on any atom is -0.378 e. The minimum atomic E-state index is 0.128. The molecular formula is C23H28N2O3. The molecule has 148 valence electrons. The Labute approximate surface area is 166 Å². The van der Waals surface area contributed by atoms with Gasteiger partial charge in [0.1, 0.15) is 0 Å². The number of rotatable bonds is 5. The smallest absolute Gasteiger partial charge is 0.255 e. The van der Waals surface area contributed by atoms with E-state index < -0.39 is 0 Å². The summed E-state index contributed by atoms with van der Waals surface area (Å²) >= 11 is 0. The van der Waals surface area contributed by atoms with Crippen molar-refractivity contribution >= 4 is 11.6 Å². The lowest BCUT2D eigenvalue weighted by atomic mass is 10.0. The predicted octanol–water partition coefficient (Wildman–Crippen LogP) is 3.34. The Balaban J connectivity index is 1.34. The van der Waals surface area contributed by atoms with Crippen LogP contribution >= 0.6 is 0 Å². The Morgan fingerprint density at radius 1 is 0.929 bits per heavy atom. The van der Waals surface area contributed by atoms with Gasteiger partial charge in [-0.25, -0.2) is 0 Å². The minimum absolute atomic E-state index is 0.128. The van der Waals surface area contributed by atoms with Crippen LogP contribution in [-0.2, 0) is 16.1 Å². The molecule has 0 radical (unpaired) electrons. The van der Waals surface area contributed by atoms with Crippen LogP contribution in [0.1, 0.15) is 28.8 Å². The number of amides is 1. The van der Waals surface area contributed by atoms with Crippen LogP contribution in [0.15, 0.2) is 54.6 Å². The summed E-state index contributed by atoms with van der Waals surface area (Å²) < 4.78 is 11.5. The molecule has 0 atom stereocenters. The summed E-state index contributed by atoms with van der Waals surface area (Å²) in [7, 11) is 0. The zero-order valence-corrected chi connectivity index (χ0v) is 16.3. The molecule has 0 spiro atoms. The number of anilines is 1. The molecule has 0 bridgehead atoms. The SMILES string of the molecule is O=C(c1ccccc1N1CCOCC1)N1CCC(OCc2ccccc2)CC1. The van der Waals surface area contributed by atoms with Crippen LogP contribution in [0.4, 0.5) is 5.69 Å². The second-order valence-electron chi connectivity index (χ2n) is 7.40. The van der Waals surface area contributed by atoms with Crippen molar-refractivity contribution in [1.29, 1.82) is 0 Å². The molecule has 2 aromatic rings. The van der Waals surface area contributed by atoms with Crippen LogP contribution in [0.25, 0.3) is 0 Å². The van der Waals surface area contributed by atoms with Crippen LogP contribution < -0.4 is 4.90 Å². The van der Waals surface area contributed by atoms with Gasteiger partial charge in [-0.15, -0.1) is 0 Å². The monoisotopic (exact) mass is 380 g/mol. The normalized spacial score (nSPS) is 18.3. The van der Waals surface area contributed by atoms with Gasteiger partial charge >= 0.3 is 0 Å². The highest BCUT2D eigenvalue weighted by Crippen LogP contribution is 2.25. The van der Waals surface area contributed by atoms with Gasteiger partial charge < -0.3 is 19.3 Å². The maximum absolute atomic E-state index is 13.2. The number of likely N-dealkylation sites (tertiary alicyclic amines) is 1. The highest BCUT2D eigenvalue weighted by Gasteiger charge is 2.26. The first-order valence-corrected chi connectivity index (χ1v) is 10.2. The maximum atomic E-state index is 13.2. The van der Waals surface area contributed by atoms with Crippen molar-refractivity contribution in [3.05, 3.63) is 65.7 Å². The van der Waals surface area contributed by atoms with Crippen molar-refractivity contribution in [2.24, 2.45) is 0 Å². The van der Waals surface area contributed by atoms with Crippen molar-refractivity contribution in [3.8, 4) is 0 Å². The molecule has 0 unspecified atom stereocenters. The van der Waals surface area contributed by atoms with E-state index in [0.717, 1.165) is 50.3 Å². The van der Waals surface area contributed by atoms with E-state index in [1.54, 1.807) is 0 Å². The number of hydrogen-bond donors (Lipinski definition) is 0. The van der Waals surface area contributed by atoms with Gasteiger partial charge in [0, 0.05) is 31.9 Å². The van der Waals surface area contributed by atoms with E-state index in [1.165, 1.54) is 5.56 Å². The van der Waals surface area contributed by atoms with Gasteiger partial charge in [0.2, 0.25) is 0 Å². The van der Waals surface area contributed by atoms with Crippen molar-refractivity contribution in [3.63, 3.8) is 0 Å². The summed E-state index contributed by atoms with van der Waals surface area (Å²) in [4.78, 5) is 17.4. The molecule has 2 aliphatic heterocycles. The number of para-hydroxylation sites is 1. The van der Waals surface area contributed by atoms with Gasteiger partial charge in [-0.2, -0.15) is 0 Å². The van der Waals surface area contributed by atoms with E-state index in [1.807, 2.05) is 47.4 Å². The zero-order chi connectivity index (χ0) is 19.2. The number of morpholine rings is 1. The number of carbonyl (C=O) groups excluding carboxylic acids is 1. The number of piperidine rings is 1. The molecule has 2 aromatic carbocycles. The highest BCUT2D eigenvalue weighted by atomic mass is 16.5. The standard InChI is InChI=1S/C23H28N2O3/c26-23(21-8-4-5-9-22(21)24-14-16-27-17-15-24)25-12-10-20(11-13-25)28-18-19-6-2-1-3-7-19/h1-9,20H,10-18H2. The molecule has 0 aliphatic carbocycles. The van der Waals surface area contributed by atoms with Crippen molar-refractivity contribution in [1.82, 2.24) is 4.90 Å². The van der Waals surface area contributed by atoms with Crippen molar-refractivity contribution in [2.45, 2.75) is 25.6 Å². The third-order valence-corrected chi connectivity index (χ3v) is 5.54. The topological polar surface area (TPSA) is 42.0 Å². The van der Waals surface area contributed by atoms with Crippen LogP contribution in [0.2, 0.25) is 0 Å². The predicted molar refractivity (Wildman–Crippen MR) is 110 cm³/mol. The molecule has 2 aliphatic rings. The summed E-state index contributed by atoms with van der Waals surface area (Å²) in [6, 6.07) is 18.2. The molecule has 1 amide bonds. The lowest BCUT2D eigenvalue weighted by molar-refractivity contribution is -0.000373. The average Bonchev–Trinajstić information content (AvgIpc) is 2.79. The van der Waals surface area contributed by atoms with Gasteiger partial charge in [-0.3, -0.25) is 4.79 Å². The zero-order valence-electron chi connectivity index (χ0n) is 16.3. The molecule has 28 heavy (non-hydrogen) atoms. The van der Waals surface area contributed by atoms with E-state index in [0.29, 0.717) is 19.8 Å². The summed E-state index contributed by atoms with van der Waals surface area (Å²) in [5.74, 6) is 0.128. The first-order valence-electron chi connectivity index (χ1n) is 10.2. The molecule has 2 heterocycles. The van der Waals surface area contributed by atoms with Gasteiger partial charge in [0.25, 0.3) is 5.91 Å². The third-order valence-electron chi connectivity index (χ3n) is 5.54. The fraction of sp³-hybridized carbons (Fsp3) is 0.435. The van der Waals surface area contributed by atoms with E-state index in [9.17, 15) is 4.79 Å². The van der Waals surface area contributed by atoms with Gasteiger partial charge in [0.05, 0.1) is 31.5 Å². The van der Waals surface area contributed by atoms with Crippen molar-refractivity contribution in [2.75, 3.05) is 44.3 Å². The summed E-state index contributed by atoms with van der Waals surface area (Å²) in [5.41, 5.74) is 3.02. The Kier molecular flexibility index (Phi) is 6.24. The summed E-state index contributed by atoms with van der Waals surface area (Å²) in [5, 5.41) is 0. The number of nitrogens with zero attached hydrogens (tertiary/aromatic N) is 2. The number of carbonyl (C=O) groups is 1. The third kappa shape index (κ3) is 4.54. The molecule has 0 saturated carbocycles. The largest absolute Gasteiger partial charge is 0.378 e. The molecule has 4 rings (SSSR count). The van der Waals surface area contributed by atoms with Gasteiger partial charge in [-0.05, 0) is 30.5 Å². The molecule has 0 N–H and O–H groups in total. The Bertz CT molecular complexity index is 766. The molecular weight excluding hydrogens is 352 g/mol. The van der Waals surface area contributed by atoms with E-state index in [2.05, 4.69) is 17.0 Å². The van der Waals surface area contributed by atoms with E-state index in [-0.39, 0.29) is 12.0 Å². The molecule has 2 saturated heterocycles.